The summed E-state index contributed by atoms with van der Waals surface area (Å²) in [6.07, 6.45) is 4.98. The van der Waals surface area contributed by atoms with E-state index in [4.69, 9.17) is 15.0 Å². The average molecular weight is 209 g/mol. The van der Waals surface area contributed by atoms with Gasteiger partial charge in [-0.1, -0.05) is 5.16 Å². The molecule has 15 heavy (non-hydrogen) atoms. The predicted molar refractivity (Wildman–Crippen MR) is 51.9 cm³/mol. The van der Waals surface area contributed by atoms with Crippen molar-refractivity contribution in [1.82, 2.24) is 10.1 Å². The van der Waals surface area contributed by atoms with Gasteiger partial charge < -0.3 is 15.0 Å². The molecule has 1 aromatic rings. The van der Waals surface area contributed by atoms with Crippen LogP contribution in [-0.2, 0) is 15.9 Å². The normalized spacial score (nSPS) is 26.0. The van der Waals surface area contributed by atoms with Crippen molar-refractivity contribution in [3.63, 3.8) is 0 Å². The maximum absolute atomic E-state index is 5.99. The van der Waals surface area contributed by atoms with Crippen LogP contribution in [0.25, 0.3) is 0 Å². The fourth-order valence-electron chi connectivity index (χ4n) is 1.98. The van der Waals surface area contributed by atoms with Crippen LogP contribution in [0, 0.1) is 0 Å². The van der Waals surface area contributed by atoms with Gasteiger partial charge in [-0.2, -0.15) is 4.98 Å². The van der Waals surface area contributed by atoms with Gasteiger partial charge in [0.15, 0.2) is 0 Å². The minimum Gasteiger partial charge on any atom is -0.370 e. The Kier molecular flexibility index (Phi) is 1.73. The quantitative estimate of drug-likeness (QED) is 0.805. The van der Waals surface area contributed by atoms with Gasteiger partial charge >= 0.3 is 0 Å². The highest BCUT2D eigenvalue weighted by Gasteiger charge is 2.49. The van der Waals surface area contributed by atoms with Crippen LogP contribution in [0.4, 0.5) is 0 Å². The molecule has 2 fully saturated rings. The summed E-state index contributed by atoms with van der Waals surface area (Å²) < 4.78 is 10.7. The van der Waals surface area contributed by atoms with Crippen molar-refractivity contribution in [2.45, 2.75) is 43.2 Å². The van der Waals surface area contributed by atoms with Crippen LogP contribution in [0.2, 0.25) is 0 Å². The third-order valence-electron chi connectivity index (χ3n) is 3.60. The van der Waals surface area contributed by atoms with E-state index in [2.05, 4.69) is 10.1 Å². The first-order valence-electron chi connectivity index (χ1n) is 5.37. The van der Waals surface area contributed by atoms with Crippen molar-refractivity contribution in [2.24, 2.45) is 5.73 Å². The summed E-state index contributed by atoms with van der Waals surface area (Å²) in [4.78, 5) is 4.38. The van der Waals surface area contributed by atoms with Crippen LogP contribution >= 0.6 is 0 Å². The van der Waals surface area contributed by atoms with Crippen LogP contribution in [0.1, 0.15) is 43.8 Å². The Morgan fingerprint density at radius 2 is 2.07 bits per heavy atom. The molecule has 2 aliphatic carbocycles. The molecule has 0 spiro atoms. The lowest BCUT2D eigenvalue weighted by atomic mass is 9.79. The molecular formula is C10H15N3O2. The molecule has 2 aliphatic rings. The highest BCUT2D eigenvalue weighted by molar-refractivity contribution is 5.15. The van der Waals surface area contributed by atoms with Crippen LogP contribution in [0.15, 0.2) is 4.52 Å². The van der Waals surface area contributed by atoms with E-state index in [9.17, 15) is 0 Å². The molecule has 0 aliphatic heterocycles. The lowest BCUT2D eigenvalue weighted by Gasteiger charge is -2.37. The van der Waals surface area contributed by atoms with Crippen LogP contribution in [0.5, 0.6) is 0 Å². The Balaban J connectivity index is 1.89. The van der Waals surface area contributed by atoms with E-state index in [0.29, 0.717) is 11.7 Å². The van der Waals surface area contributed by atoms with E-state index in [-0.39, 0.29) is 11.1 Å². The minimum atomic E-state index is -0.343. The molecule has 3 rings (SSSR count). The zero-order valence-electron chi connectivity index (χ0n) is 8.82. The van der Waals surface area contributed by atoms with Crippen molar-refractivity contribution < 1.29 is 9.26 Å². The maximum atomic E-state index is 5.99. The van der Waals surface area contributed by atoms with Crippen LogP contribution in [0.3, 0.4) is 0 Å². The summed E-state index contributed by atoms with van der Waals surface area (Å²) in [5.41, 5.74) is 5.35. The number of nitrogens with two attached hydrogens (primary N) is 1. The zero-order valence-corrected chi connectivity index (χ0v) is 8.82. The molecule has 82 valence electrons. The second-order valence-electron chi connectivity index (χ2n) is 4.63. The van der Waals surface area contributed by atoms with Gasteiger partial charge in [-0.3, -0.25) is 0 Å². The smallest absolute Gasteiger partial charge is 0.246 e. The summed E-state index contributed by atoms with van der Waals surface area (Å²) in [6, 6.07) is 0. The minimum absolute atomic E-state index is 0.299. The molecule has 2 N–H and O–H groups in total. The number of hydrogen-bond donors (Lipinski definition) is 1. The topological polar surface area (TPSA) is 74.2 Å². The maximum Gasteiger partial charge on any atom is 0.246 e. The number of methoxy groups -OCH3 is 1. The standard InChI is InChI=1S/C10H15N3O2/c1-14-10(3-2-4-10)7-12-8(15-13-7)9(11)5-6-9/h2-6,11H2,1H3. The van der Waals surface area contributed by atoms with Gasteiger partial charge in [0, 0.05) is 7.11 Å². The summed E-state index contributed by atoms with van der Waals surface area (Å²) in [5, 5.41) is 4.00. The predicted octanol–water partition coefficient (Wildman–Crippen LogP) is 1.04. The van der Waals surface area contributed by atoms with Crippen molar-refractivity contribution in [2.75, 3.05) is 7.11 Å². The Bertz CT molecular complexity index is 374. The zero-order chi connectivity index (χ0) is 10.5. The van der Waals surface area contributed by atoms with Gasteiger partial charge in [-0.25, -0.2) is 0 Å². The Labute approximate surface area is 88.0 Å². The van der Waals surface area contributed by atoms with Crippen molar-refractivity contribution >= 4 is 0 Å². The third-order valence-corrected chi connectivity index (χ3v) is 3.60. The van der Waals surface area contributed by atoms with E-state index in [0.717, 1.165) is 32.1 Å². The Morgan fingerprint density at radius 1 is 1.33 bits per heavy atom. The largest absolute Gasteiger partial charge is 0.370 e. The van der Waals surface area contributed by atoms with E-state index >= 15 is 0 Å². The first-order chi connectivity index (χ1) is 7.19. The van der Waals surface area contributed by atoms with E-state index in [1.165, 1.54) is 0 Å². The van der Waals surface area contributed by atoms with Gasteiger partial charge in [0.1, 0.15) is 5.60 Å². The van der Waals surface area contributed by atoms with Crippen molar-refractivity contribution in [3.05, 3.63) is 11.7 Å². The molecule has 0 atom stereocenters. The van der Waals surface area contributed by atoms with Crippen LogP contribution in [-0.4, -0.2) is 17.3 Å². The fourth-order valence-corrected chi connectivity index (χ4v) is 1.98. The van der Waals surface area contributed by atoms with Gasteiger partial charge in [-0.05, 0) is 32.1 Å². The molecule has 5 nitrogen and oxygen atoms in total. The van der Waals surface area contributed by atoms with Gasteiger partial charge in [-0.15, -0.1) is 0 Å². The Hall–Kier alpha value is -0.940. The van der Waals surface area contributed by atoms with E-state index in [1.807, 2.05) is 0 Å². The molecule has 0 amide bonds. The van der Waals surface area contributed by atoms with Crippen LogP contribution < -0.4 is 5.73 Å². The lowest BCUT2D eigenvalue weighted by molar-refractivity contribution is -0.0858. The van der Waals surface area contributed by atoms with Gasteiger partial charge in [0.05, 0.1) is 5.54 Å². The highest BCUT2D eigenvalue weighted by atomic mass is 16.5. The number of ether oxygens (including phenoxy) is 1. The number of aromatic nitrogens is 2. The average Bonchev–Trinajstić information content (AvgIpc) is 2.74. The van der Waals surface area contributed by atoms with Crippen molar-refractivity contribution in [3.8, 4) is 0 Å². The fraction of sp³-hybridized carbons (Fsp3) is 0.800. The number of nitrogens with zero attached hydrogens (tertiary/aromatic N) is 2. The first kappa shape index (κ1) is 9.30. The molecule has 5 heteroatoms. The highest BCUT2D eigenvalue weighted by Crippen LogP contribution is 2.45. The molecule has 1 aromatic heterocycles. The SMILES string of the molecule is COC1(c2noc(C3(N)CC3)n2)CCC1. The number of hydrogen-bond acceptors (Lipinski definition) is 5. The summed E-state index contributed by atoms with van der Waals surface area (Å²) in [7, 11) is 1.70. The second kappa shape index (κ2) is 2.80. The Morgan fingerprint density at radius 3 is 2.53 bits per heavy atom. The second-order valence-corrected chi connectivity index (χ2v) is 4.63. The third kappa shape index (κ3) is 1.23. The molecule has 2 saturated carbocycles. The molecule has 1 heterocycles. The van der Waals surface area contributed by atoms with E-state index < -0.39 is 0 Å². The van der Waals surface area contributed by atoms with Gasteiger partial charge in [0.25, 0.3) is 0 Å². The molecule has 0 aromatic carbocycles. The number of rotatable bonds is 3. The summed E-state index contributed by atoms with van der Waals surface area (Å²) in [6.45, 7) is 0. The lowest BCUT2D eigenvalue weighted by Crippen LogP contribution is -2.37. The molecule has 0 unspecified atom stereocenters. The molecular weight excluding hydrogens is 194 g/mol. The molecule has 0 radical (unpaired) electrons. The summed E-state index contributed by atoms with van der Waals surface area (Å²) in [5.74, 6) is 1.24. The van der Waals surface area contributed by atoms with E-state index in [1.54, 1.807) is 7.11 Å². The monoisotopic (exact) mass is 209 g/mol. The molecule has 0 bridgehead atoms. The first-order valence-corrected chi connectivity index (χ1v) is 5.37. The van der Waals surface area contributed by atoms with Gasteiger partial charge in [0.2, 0.25) is 11.7 Å². The van der Waals surface area contributed by atoms with Crippen molar-refractivity contribution in [1.29, 1.82) is 0 Å². The molecule has 0 saturated heterocycles. The summed E-state index contributed by atoms with van der Waals surface area (Å²) >= 11 is 0.